The van der Waals surface area contributed by atoms with Gasteiger partial charge in [-0.2, -0.15) is 0 Å². The lowest BCUT2D eigenvalue weighted by molar-refractivity contribution is -0.131. The van der Waals surface area contributed by atoms with E-state index in [0.717, 1.165) is 45.7 Å². The van der Waals surface area contributed by atoms with Gasteiger partial charge in [0.1, 0.15) is 11.5 Å². The van der Waals surface area contributed by atoms with E-state index in [0.29, 0.717) is 6.61 Å². The summed E-state index contributed by atoms with van der Waals surface area (Å²) >= 11 is 0. The summed E-state index contributed by atoms with van der Waals surface area (Å²) in [4.78, 5) is 11.4. The zero-order valence-electron chi connectivity index (χ0n) is 20.1. The molecule has 0 atom stereocenters. The fourth-order valence-electron chi connectivity index (χ4n) is 3.84. The minimum Gasteiger partial charge on any atom is -0.496 e. The number of rotatable bonds is 7. The van der Waals surface area contributed by atoms with E-state index in [1.54, 1.807) is 13.2 Å². The SMILES string of the molecule is CCCOc1ccccc1-c1c(OC)cc(C(C)(C)C)c(C=CC(=O)O)c1C(C)(C)C. The summed E-state index contributed by atoms with van der Waals surface area (Å²) in [5, 5.41) is 9.36. The van der Waals surface area contributed by atoms with E-state index in [1.807, 2.05) is 30.3 Å². The van der Waals surface area contributed by atoms with Crippen LogP contribution in [0.25, 0.3) is 17.2 Å². The first-order chi connectivity index (χ1) is 14.4. The molecular formula is C27H36O4. The van der Waals surface area contributed by atoms with E-state index in [9.17, 15) is 9.90 Å². The van der Waals surface area contributed by atoms with E-state index in [2.05, 4.69) is 48.5 Å². The number of para-hydroxylation sites is 1. The molecule has 2 aromatic carbocycles. The Morgan fingerprint density at radius 1 is 1.03 bits per heavy atom. The van der Waals surface area contributed by atoms with Gasteiger partial charge >= 0.3 is 5.97 Å². The zero-order chi connectivity index (χ0) is 23.4. The third-order valence-electron chi connectivity index (χ3n) is 5.12. The van der Waals surface area contributed by atoms with Gasteiger partial charge in [0.25, 0.3) is 0 Å². The van der Waals surface area contributed by atoms with Crippen molar-refractivity contribution in [3.05, 3.63) is 53.1 Å². The molecule has 2 aromatic rings. The molecule has 0 amide bonds. The fourth-order valence-corrected chi connectivity index (χ4v) is 3.84. The first kappa shape index (κ1) is 24.5. The predicted molar refractivity (Wildman–Crippen MR) is 128 cm³/mol. The highest BCUT2D eigenvalue weighted by atomic mass is 16.5. The van der Waals surface area contributed by atoms with Gasteiger partial charge in [0.15, 0.2) is 0 Å². The van der Waals surface area contributed by atoms with Crippen molar-refractivity contribution < 1.29 is 19.4 Å². The molecule has 31 heavy (non-hydrogen) atoms. The van der Waals surface area contributed by atoms with Gasteiger partial charge < -0.3 is 14.6 Å². The van der Waals surface area contributed by atoms with Gasteiger partial charge in [0, 0.05) is 17.2 Å². The number of ether oxygens (including phenoxy) is 2. The van der Waals surface area contributed by atoms with Gasteiger partial charge in [-0.05, 0) is 52.1 Å². The first-order valence-electron chi connectivity index (χ1n) is 10.8. The Labute approximate surface area is 186 Å². The zero-order valence-corrected chi connectivity index (χ0v) is 20.1. The average molecular weight is 425 g/mol. The second-order valence-electron chi connectivity index (χ2n) is 9.81. The van der Waals surface area contributed by atoms with Crippen molar-refractivity contribution in [2.45, 2.75) is 65.7 Å². The Kier molecular flexibility index (Phi) is 7.58. The van der Waals surface area contributed by atoms with Gasteiger partial charge in [0.2, 0.25) is 0 Å². The molecule has 2 rings (SSSR count). The minimum atomic E-state index is -0.969. The van der Waals surface area contributed by atoms with E-state index in [1.165, 1.54) is 6.08 Å². The molecule has 0 aliphatic carbocycles. The molecule has 0 spiro atoms. The fraction of sp³-hybridized carbons (Fsp3) is 0.444. The van der Waals surface area contributed by atoms with E-state index in [-0.39, 0.29) is 10.8 Å². The quantitative estimate of drug-likeness (QED) is 0.494. The third-order valence-corrected chi connectivity index (χ3v) is 5.12. The monoisotopic (exact) mass is 424 g/mol. The van der Waals surface area contributed by atoms with Crippen molar-refractivity contribution in [3.8, 4) is 22.6 Å². The van der Waals surface area contributed by atoms with Crippen molar-refractivity contribution >= 4 is 12.0 Å². The number of carbonyl (C=O) groups is 1. The van der Waals surface area contributed by atoms with Crippen LogP contribution in [0.4, 0.5) is 0 Å². The maximum absolute atomic E-state index is 11.4. The Balaban J connectivity index is 3.05. The second-order valence-corrected chi connectivity index (χ2v) is 9.81. The summed E-state index contributed by atoms with van der Waals surface area (Å²) in [6.45, 7) is 15.5. The topological polar surface area (TPSA) is 55.8 Å². The van der Waals surface area contributed by atoms with E-state index >= 15 is 0 Å². The van der Waals surface area contributed by atoms with Gasteiger partial charge in [-0.25, -0.2) is 4.79 Å². The van der Waals surface area contributed by atoms with Gasteiger partial charge in [0.05, 0.1) is 13.7 Å². The molecule has 168 valence electrons. The molecule has 0 heterocycles. The van der Waals surface area contributed by atoms with Crippen molar-refractivity contribution in [3.63, 3.8) is 0 Å². The highest BCUT2D eigenvalue weighted by Gasteiger charge is 2.31. The maximum atomic E-state index is 11.4. The minimum absolute atomic E-state index is 0.206. The van der Waals surface area contributed by atoms with Crippen LogP contribution in [0.5, 0.6) is 11.5 Å². The van der Waals surface area contributed by atoms with Crippen molar-refractivity contribution in [1.29, 1.82) is 0 Å². The van der Waals surface area contributed by atoms with Crippen LogP contribution in [0, 0.1) is 0 Å². The van der Waals surface area contributed by atoms with Gasteiger partial charge in [-0.15, -0.1) is 0 Å². The van der Waals surface area contributed by atoms with Crippen LogP contribution in [0.3, 0.4) is 0 Å². The lowest BCUT2D eigenvalue weighted by Crippen LogP contribution is -2.21. The Hall–Kier alpha value is -2.75. The third kappa shape index (κ3) is 5.69. The van der Waals surface area contributed by atoms with Crippen LogP contribution in [-0.4, -0.2) is 24.8 Å². The molecule has 0 radical (unpaired) electrons. The first-order valence-corrected chi connectivity index (χ1v) is 10.8. The van der Waals surface area contributed by atoms with Crippen molar-refractivity contribution in [2.75, 3.05) is 13.7 Å². The number of hydrogen-bond donors (Lipinski definition) is 1. The Bertz CT molecular complexity index is 956. The van der Waals surface area contributed by atoms with Gasteiger partial charge in [-0.3, -0.25) is 0 Å². The molecule has 4 heteroatoms. The standard InChI is InChI=1S/C27H36O4/c1-9-16-31-21-13-11-10-12-19(21)24-22(30-8)17-20(26(2,3)4)18(14-15-23(28)29)25(24)27(5,6)7/h10-15,17H,9,16H2,1-8H3,(H,28,29). The molecule has 0 saturated carbocycles. The Morgan fingerprint density at radius 3 is 2.19 bits per heavy atom. The summed E-state index contributed by atoms with van der Waals surface area (Å²) in [6, 6.07) is 10.0. The highest BCUT2D eigenvalue weighted by Crippen LogP contribution is 2.48. The molecule has 4 nitrogen and oxygen atoms in total. The summed E-state index contributed by atoms with van der Waals surface area (Å²) < 4.78 is 12.0. The van der Waals surface area contributed by atoms with Crippen LogP contribution in [0.1, 0.15) is 71.6 Å². The number of carboxylic acid groups (broad SMARTS) is 1. The summed E-state index contributed by atoms with van der Waals surface area (Å²) in [5.74, 6) is 0.587. The molecule has 0 bridgehead atoms. The lowest BCUT2D eigenvalue weighted by atomic mass is 9.72. The number of carboxylic acids is 1. The van der Waals surface area contributed by atoms with Crippen LogP contribution >= 0.6 is 0 Å². The number of hydrogen-bond acceptors (Lipinski definition) is 3. The molecule has 0 saturated heterocycles. The molecular weight excluding hydrogens is 388 g/mol. The van der Waals surface area contributed by atoms with Crippen molar-refractivity contribution in [2.24, 2.45) is 0 Å². The lowest BCUT2D eigenvalue weighted by Gasteiger charge is -2.33. The summed E-state index contributed by atoms with van der Waals surface area (Å²) in [7, 11) is 1.68. The predicted octanol–water partition coefficient (Wildman–Crippen LogP) is 6.84. The van der Waals surface area contributed by atoms with Gasteiger partial charge in [-0.1, -0.05) is 66.7 Å². The molecule has 0 aliphatic heterocycles. The van der Waals surface area contributed by atoms with Crippen LogP contribution in [0.15, 0.2) is 36.4 Å². The number of benzene rings is 2. The number of methoxy groups -OCH3 is 1. The smallest absolute Gasteiger partial charge is 0.328 e. The highest BCUT2D eigenvalue weighted by molar-refractivity contribution is 5.89. The molecule has 0 aromatic heterocycles. The normalized spacial score (nSPS) is 12.3. The Morgan fingerprint density at radius 2 is 1.68 bits per heavy atom. The summed E-state index contributed by atoms with van der Waals surface area (Å²) in [5.41, 5.74) is 4.41. The molecule has 0 aliphatic rings. The van der Waals surface area contributed by atoms with Crippen LogP contribution in [-0.2, 0) is 15.6 Å². The molecule has 0 unspecified atom stereocenters. The maximum Gasteiger partial charge on any atom is 0.328 e. The van der Waals surface area contributed by atoms with Crippen LogP contribution in [0.2, 0.25) is 0 Å². The number of aliphatic carboxylic acids is 1. The van der Waals surface area contributed by atoms with E-state index < -0.39 is 5.97 Å². The summed E-state index contributed by atoms with van der Waals surface area (Å²) in [6.07, 6.45) is 3.85. The van der Waals surface area contributed by atoms with Crippen molar-refractivity contribution in [1.82, 2.24) is 0 Å². The average Bonchev–Trinajstić information content (AvgIpc) is 2.68. The second kappa shape index (κ2) is 9.59. The largest absolute Gasteiger partial charge is 0.496 e. The van der Waals surface area contributed by atoms with Crippen LogP contribution < -0.4 is 9.47 Å². The van der Waals surface area contributed by atoms with E-state index in [4.69, 9.17) is 9.47 Å². The molecule has 0 fully saturated rings. The molecule has 1 N–H and O–H groups in total.